The summed E-state index contributed by atoms with van der Waals surface area (Å²) in [6.07, 6.45) is 4.87. The Kier molecular flexibility index (Phi) is 4.31. The van der Waals surface area contributed by atoms with Crippen LogP contribution >= 0.6 is 27.5 Å². The molecule has 1 aliphatic carbocycles. The van der Waals surface area contributed by atoms with Crippen molar-refractivity contribution in [2.45, 2.75) is 24.2 Å². The van der Waals surface area contributed by atoms with Crippen LogP contribution in [-0.4, -0.2) is 31.3 Å². The summed E-state index contributed by atoms with van der Waals surface area (Å²) in [5.74, 6) is 0.476. The zero-order valence-electron chi connectivity index (χ0n) is 9.94. The molecule has 1 saturated carbocycles. The van der Waals surface area contributed by atoms with Gasteiger partial charge < -0.3 is 0 Å². The van der Waals surface area contributed by atoms with Gasteiger partial charge in [-0.3, -0.25) is 0 Å². The van der Waals surface area contributed by atoms with Crippen LogP contribution in [0.1, 0.15) is 19.3 Å². The Balaban J connectivity index is 2.25. The molecule has 0 aromatic carbocycles. The molecule has 1 aromatic heterocycles. The van der Waals surface area contributed by atoms with Crippen LogP contribution in [0.25, 0.3) is 0 Å². The van der Waals surface area contributed by atoms with E-state index < -0.39 is 10.0 Å². The second-order valence-corrected chi connectivity index (χ2v) is 7.81. The van der Waals surface area contributed by atoms with E-state index in [9.17, 15) is 8.42 Å². The zero-order chi connectivity index (χ0) is 13.3. The summed E-state index contributed by atoms with van der Waals surface area (Å²) < 4.78 is 26.7. The minimum Gasteiger partial charge on any atom is -0.242 e. The third kappa shape index (κ3) is 2.87. The largest absolute Gasteiger partial charge is 0.245 e. The maximum Gasteiger partial charge on any atom is 0.245 e. The number of hydrogen-bond acceptors (Lipinski definition) is 3. The molecule has 1 heterocycles. The van der Waals surface area contributed by atoms with Gasteiger partial charge in [0.15, 0.2) is 0 Å². The van der Waals surface area contributed by atoms with E-state index >= 15 is 0 Å². The molecular weight excluding hydrogens is 340 g/mol. The number of pyridine rings is 1. The third-order valence-electron chi connectivity index (χ3n) is 3.20. The van der Waals surface area contributed by atoms with Crippen molar-refractivity contribution in [1.82, 2.24) is 9.29 Å². The Morgan fingerprint density at radius 1 is 1.56 bits per heavy atom. The van der Waals surface area contributed by atoms with Crippen LogP contribution in [0, 0.1) is 5.92 Å². The molecule has 0 saturated heterocycles. The monoisotopic (exact) mass is 352 g/mol. The average molecular weight is 354 g/mol. The molecule has 4 nitrogen and oxygen atoms in total. The van der Waals surface area contributed by atoms with Crippen molar-refractivity contribution < 1.29 is 8.42 Å². The first-order valence-electron chi connectivity index (χ1n) is 5.68. The van der Waals surface area contributed by atoms with Gasteiger partial charge in [-0.25, -0.2) is 17.7 Å². The Morgan fingerprint density at radius 3 is 2.78 bits per heavy atom. The van der Waals surface area contributed by atoms with Gasteiger partial charge in [0.2, 0.25) is 10.0 Å². The van der Waals surface area contributed by atoms with Gasteiger partial charge in [0.1, 0.15) is 10.0 Å². The van der Waals surface area contributed by atoms with Crippen molar-refractivity contribution in [1.29, 1.82) is 0 Å². The molecule has 1 aliphatic rings. The first-order valence-corrected chi connectivity index (χ1v) is 8.30. The molecule has 0 bridgehead atoms. The fraction of sp³-hybridized carbons (Fsp3) is 0.545. The van der Waals surface area contributed by atoms with Crippen LogP contribution in [0.4, 0.5) is 0 Å². The molecule has 2 rings (SSSR count). The van der Waals surface area contributed by atoms with Crippen LogP contribution < -0.4 is 0 Å². The van der Waals surface area contributed by atoms with Crippen molar-refractivity contribution in [3.05, 3.63) is 21.9 Å². The minimum absolute atomic E-state index is 0.0126. The molecular formula is C11H14BrClN2O2S. The van der Waals surface area contributed by atoms with E-state index in [4.69, 9.17) is 11.6 Å². The van der Waals surface area contributed by atoms with Gasteiger partial charge in [-0.2, -0.15) is 0 Å². The second-order valence-electron chi connectivity index (χ2n) is 4.52. The number of hydrogen-bond donors (Lipinski definition) is 0. The summed E-state index contributed by atoms with van der Waals surface area (Å²) in [7, 11) is -1.97. The standard InChI is InChI=1S/C11H14BrClN2O2S/c1-15(7-8-3-2-4-8)18(16,17)10-5-9(12)6-14-11(10)13/h5-6,8H,2-4,7H2,1H3. The van der Waals surface area contributed by atoms with Crippen LogP contribution in [0.5, 0.6) is 0 Å². The number of rotatable bonds is 4. The van der Waals surface area contributed by atoms with E-state index in [0.717, 1.165) is 12.8 Å². The van der Waals surface area contributed by atoms with Gasteiger partial charge in [-0.15, -0.1) is 0 Å². The van der Waals surface area contributed by atoms with E-state index in [1.54, 1.807) is 7.05 Å². The second kappa shape index (κ2) is 5.45. The lowest BCUT2D eigenvalue weighted by Crippen LogP contribution is -2.34. The number of halogens is 2. The Labute approximate surface area is 121 Å². The lowest BCUT2D eigenvalue weighted by molar-refractivity contribution is 0.263. The fourth-order valence-electron chi connectivity index (χ4n) is 1.89. The maximum absolute atomic E-state index is 12.4. The molecule has 100 valence electrons. The highest BCUT2D eigenvalue weighted by molar-refractivity contribution is 9.10. The summed E-state index contributed by atoms with van der Waals surface area (Å²) in [4.78, 5) is 3.91. The quantitative estimate of drug-likeness (QED) is 0.782. The molecule has 0 radical (unpaired) electrons. The van der Waals surface area contributed by atoms with E-state index in [1.807, 2.05) is 0 Å². The molecule has 0 N–H and O–H groups in total. The highest BCUT2D eigenvalue weighted by atomic mass is 79.9. The molecule has 0 unspecified atom stereocenters. The average Bonchev–Trinajstić information content (AvgIpc) is 2.26. The predicted octanol–water partition coefficient (Wildman–Crippen LogP) is 2.92. The lowest BCUT2D eigenvalue weighted by atomic mass is 9.86. The van der Waals surface area contributed by atoms with Gasteiger partial charge in [0.25, 0.3) is 0 Å². The summed E-state index contributed by atoms with van der Waals surface area (Å²) in [5, 5.41) is 0.0126. The highest BCUT2D eigenvalue weighted by Crippen LogP contribution is 2.30. The predicted molar refractivity (Wildman–Crippen MR) is 74.1 cm³/mol. The van der Waals surface area contributed by atoms with E-state index in [2.05, 4.69) is 20.9 Å². The van der Waals surface area contributed by atoms with Crippen molar-refractivity contribution in [3.8, 4) is 0 Å². The van der Waals surface area contributed by atoms with Gasteiger partial charge in [-0.05, 0) is 40.8 Å². The molecule has 0 amide bonds. The molecule has 0 atom stereocenters. The zero-order valence-corrected chi connectivity index (χ0v) is 13.1. The molecule has 7 heteroatoms. The summed E-state index contributed by atoms with van der Waals surface area (Å²) in [6, 6.07) is 1.49. The van der Waals surface area contributed by atoms with Gasteiger partial charge in [-0.1, -0.05) is 18.0 Å². The highest BCUT2D eigenvalue weighted by Gasteiger charge is 2.28. The first-order chi connectivity index (χ1) is 8.41. The maximum atomic E-state index is 12.4. The number of nitrogens with zero attached hydrogens (tertiary/aromatic N) is 2. The molecule has 1 aromatic rings. The summed E-state index contributed by atoms with van der Waals surface area (Å²) in [5.41, 5.74) is 0. The van der Waals surface area contributed by atoms with Gasteiger partial charge in [0, 0.05) is 24.3 Å². The lowest BCUT2D eigenvalue weighted by Gasteiger charge is -2.29. The SMILES string of the molecule is CN(CC1CCC1)S(=O)(=O)c1cc(Br)cnc1Cl. The fourth-order valence-corrected chi connectivity index (χ4v) is 4.05. The Morgan fingerprint density at radius 2 is 2.22 bits per heavy atom. The molecule has 1 fully saturated rings. The van der Waals surface area contributed by atoms with Gasteiger partial charge >= 0.3 is 0 Å². The van der Waals surface area contributed by atoms with E-state index in [0.29, 0.717) is 16.9 Å². The third-order valence-corrected chi connectivity index (χ3v) is 5.89. The topological polar surface area (TPSA) is 50.3 Å². The van der Waals surface area contributed by atoms with Crippen molar-refractivity contribution in [3.63, 3.8) is 0 Å². The van der Waals surface area contributed by atoms with E-state index in [1.165, 1.54) is 23.0 Å². The Hall–Kier alpha value is -0.170. The minimum atomic E-state index is -3.55. The van der Waals surface area contributed by atoms with Crippen molar-refractivity contribution >= 4 is 37.6 Å². The number of sulfonamides is 1. The molecule has 18 heavy (non-hydrogen) atoms. The summed E-state index contributed by atoms with van der Waals surface area (Å²) in [6.45, 7) is 0.547. The molecule has 0 aliphatic heterocycles. The van der Waals surface area contributed by atoms with Crippen LogP contribution in [-0.2, 0) is 10.0 Å². The van der Waals surface area contributed by atoms with Crippen molar-refractivity contribution in [2.75, 3.05) is 13.6 Å². The van der Waals surface area contributed by atoms with Crippen LogP contribution in [0.3, 0.4) is 0 Å². The summed E-state index contributed by atoms with van der Waals surface area (Å²) >= 11 is 9.08. The first kappa shape index (κ1) is 14.2. The van der Waals surface area contributed by atoms with Crippen LogP contribution in [0.15, 0.2) is 21.6 Å². The van der Waals surface area contributed by atoms with Gasteiger partial charge in [0.05, 0.1) is 0 Å². The normalized spacial score (nSPS) is 16.9. The van der Waals surface area contributed by atoms with Crippen LogP contribution in [0.2, 0.25) is 5.15 Å². The van der Waals surface area contributed by atoms with Crippen molar-refractivity contribution in [2.24, 2.45) is 5.92 Å². The Bertz CT molecular complexity index is 546. The van der Waals surface area contributed by atoms with E-state index in [-0.39, 0.29) is 10.0 Å². The smallest absolute Gasteiger partial charge is 0.242 e. The number of aromatic nitrogens is 1. The molecule has 0 spiro atoms.